The molecule has 1 fully saturated rings. The number of nitriles is 4. The first-order valence-electron chi connectivity index (χ1n) is 17.4. The second-order valence-corrected chi connectivity index (χ2v) is 18.0. The Kier molecular flexibility index (Phi) is 7.27. The van der Waals surface area contributed by atoms with Crippen LogP contribution >= 0.6 is 45.3 Å². The normalized spacial score (nSPS) is 18.3. The molecule has 10 rings (SSSR count). The van der Waals surface area contributed by atoms with E-state index >= 15 is 0 Å². The lowest BCUT2D eigenvalue weighted by atomic mass is 9.67. The van der Waals surface area contributed by atoms with Gasteiger partial charge in [0.25, 0.3) is 0 Å². The van der Waals surface area contributed by atoms with E-state index in [1.54, 1.807) is 58.3 Å². The third-order valence-electron chi connectivity index (χ3n) is 11.1. The van der Waals surface area contributed by atoms with Gasteiger partial charge in [-0.2, -0.15) is 21.0 Å². The Labute approximate surface area is 325 Å². The number of fused-ring (bicyclic) bond motifs is 10. The Morgan fingerprint density at radius 2 is 1.15 bits per heavy atom. The molecule has 1 spiro atoms. The molecular formula is C44H22N4O2S4. The van der Waals surface area contributed by atoms with Crippen molar-refractivity contribution in [1.82, 2.24) is 0 Å². The SMILES string of the molecule is N#CC(C#N)=C1/C(=C/C2=Cc3sc4c(sc5c6sc(/C=C7/C(=O)c8ccccc8C7=C(C#N)C#N)cc6sc45)c3C23CCCCC3)C(=O)c2ccccc21. The van der Waals surface area contributed by atoms with Gasteiger partial charge in [-0.3, -0.25) is 9.59 Å². The van der Waals surface area contributed by atoms with Crippen LogP contribution in [0.25, 0.3) is 51.5 Å². The summed E-state index contributed by atoms with van der Waals surface area (Å²) in [5.74, 6) is -0.336. The van der Waals surface area contributed by atoms with E-state index in [4.69, 9.17) is 0 Å². The summed E-state index contributed by atoms with van der Waals surface area (Å²) in [6.07, 6.45) is 11.3. The molecule has 0 saturated heterocycles. The summed E-state index contributed by atoms with van der Waals surface area (Å²) < 4.78 is 7.34. The number of ketones is 2. The van der Waals surface area contributed by atoms with Crippen LogP contribution in [0.2, 0.25) is 0 Å². The third kappa shape index (κ3) is 4.37. The quantitative estimate of drug-likeness (QED) is 0.127. The molecule has 10 heteroatoms. The zero-order valence-corrected chi connectivity index (χ0v) is 31.5. The first-order valence-corrected chi connectivity index (χ1v) is 20.6. The van der Waals surface area contributed by atoms with Crippen LogP contribution in [0.15, 0.2) is 88.5 Å². The molecule has 0 atom stereocenters. The molecule has 4 heterocycles. The zero-order chi connectivity index (χ0) is 36.9. The Hall–Kier alpha value is -5.98. The lowest BCUT2D eigenvalue weighted by Crippen LogP contribution is -2.28. The van der Waals surface area contributed by atoms with Gasteiger partial charge in [0.2, 0.25) is 0 Å². The van der Waals surface area contributed by atoms with Gasteiger partial charge in [-0.25, -0.2) is 0 Å². The van der Waals surface area contributed by atoms with E-state index in [0.29, 0.717) is 44.5 Å². The van der Waals surface area contributed by atoms with Gasteiger partial charge < -0.3 is 0 Å². The van der Waals surface area contributed by atoms with Gasteiger partial charge in [-0.15, -0.1) is 45.3 Å². The van der Waals surface area contributed by atoms with Crippen molar-refractivity contribution in [2.24, 2.45) is 0 Å². The first-order chi connectivity index (χ1) is 26.4. The second-order valence-electron chi connectivity index (χ2n) is 13.8. The summed E-state index contributed by atoms with van der Waals surface area (Å²) >= 11 is 7.00. The van der Waals surface area contributed by atoms with Gasteiger partial charge in [0, 0.05) is 53.3 Å². The summed E-state index contributed by atoms with van der Waals surface area (Å²) in [5, 5.41) is 39.4. The van der Waals surface area contributed by atoms with Crippen LogP contribution in [0.5, 0.6) is 0 Å². The molecule has 0 aliphatic heterocycles. The van der Waals surface area contributed by atoms with Crippen LogP contribution in [0.4, 0.5) is 0 Å². The van der Waals surface area contributed by atoms with Crippen molar-refractivity contribution >= 4 is 108 Å². The number of benzene rings is 2. The molecule has 254 valence electrons. The predicted octanol–water partition coefficient (Wildman–Crippen LogP) is 11.7. The van der Waals surface area contributed by atoms with Crippen LogP contribution in [0.1, 0.15) is 79.3 Å². The average molecular weight is 767 g/mol. The van der Waals surface area contributed by atoms with Crippen LogP contribution < -0.4 is 0 Å². The zero-order valence-electron chi connectivity index (χ0n) is 28.2. The van der Waals surface area contributed by atoms with Crippen molar-refractivity contribution in [2.45, 2.75) is 37.5 Å². The molecule has 6 nitrogen and oxygen atoms in total. The number of carbonyl (C=O) groups excluding carboxylic acids is 2. The van der Waals surface area contributed by atoms with Crippen LogP contribution in [-0.4, -0.2) is 11.6 Å². The number of allylic oxidation sites excluding steroid dienone is 8. The number of nitrogens with zero attached hydrogens (tertiary/aromatic N) is 4. The number of Topliss-reactive ketones (excluding diaryl/α,β-unsaturated/α-hetero) is 2. The number of hydrogen-bond donors (Lipinski definition) is 0. The summed E-state index contributed by atoms with van der Waals surface area (Å²) in [4.78, 5) is 29.6. The molecule has 2 aromatic carbocycles. The molecule has 54 heavy (non-hydrogen) atoms. The van der Waals surface area contributed by atoms with Crippen molar-refractivity contribution in [3.63, 3.8) is 0 Å². The molecule has 1 saturated carbocycles. The first kappa shape index (κ1) is 32.7. The third-order valence-corrected chi connectivity index (χ3v) is 16.4. The smallest absolute Gasteiger partial charge is 0.194 e. The molecular weight excluding hydrogens is 745 g/mol. The highest BCUT2D eigenvalue weighted by Crippen LogP contribution is 2.61. The Bertz CT molecular complexity index is 3080. The lowest BCUT2D eigenvalue weighted by Gasteiger charge is -2.36. The highest BCUT2D eigenvalue weighted by atomic mass is 32.1. The topological polar surface area (TPSA) is 129 Å². The summed E-state index contributed by atoms with van der Waals surface area (Å²) in [5.41, 5.74) is 5.93. The molecule has 0 amide bonds. The van der Waals surface area contributed by atoms with Crippen molar-refractivity contribution < 1.29 is 9.59 Å². The molecule has 0 radical (unpaired) electrons. The number of carbonyl (C=O) groups is 2. The maximum Gasteiger partial charge on any atom is 0.194 e. The number of rotatable bonds is 2. The van der Waals surface area contributed by atoms with Gasteiger partial charge in [0.1, 0.15) is 35.4 Å². The van der Waals surface area contributed by atoms with Crippen molar-refractivity contribution in [3.8, 4) is 24.3 Å². The van der Waals surface area contributed by atoms with E-state index < -0.39 is 0 Å². The van der Waals surface area contributed by atoms with E-state index in [2.05, 4.69) is 12.1 Å². The Morgan fingerprint density at radius 1 is 0.611 bits per heavy atom. The monoisotopic (exact) mass is 766 g/mol. The molecule has 4 aromatic heterocycles. The van der Waals surface area contributed by atoms with Crippen molar-refractivity contribution in [1.29, 1.82) is 21.0 Å². The van der Waals surface area contributed by atoms with Gasteiger partial charge in [0.05, 0.1) is 23.5 Å². The van der Waals surface area contributed by atoms with E-state index in [1.165, 1.54) is 29.2 Å². The molecule has 4 aliphatic rings. The fourth-order valence-electron chi connectivity index (χ4n) is 8.82. The lowest BCUT2D eigenvalue weighted by molar-refractivity contribution is 0.103. The fraction of sp³-hybridized carbons (Fsp3) is 0.136. The fourth-order valence-corrected chi connectivity index (χ4v) is 14.8. The Balaban J connectivity index is 1.10. The maximum absolute atomic E-state index is 13.9. The second kappa shape index (κ2) is 12.0. The van der Waals surface area contributed by atoms with Gasteiger partial charge in [-0.1, -0.05) is 67.8 Å². The van der Waals surface area contributed by atoms with Gasteiger partial charge >= 0.3 is 0 Å². The van der Waals surface area contributed by atoms with E-state index in [1.807, 2.05) is 72.0 Å². The standard InChI is InChI=1S/C44H22N4O2S4/c45-18-22(19-46)34-26-8-2-4-10-28(26)37(49)30(34)14-24-15-32-36(44(24)12-6-1-7-13-44)40-42(52-32)43-41(54-40)39-33(53-43)17-25(51-39)16-31-35(23(20-47)21-48)27-9-3-5-11-29(27)38(31)50/h2-5,8-11,14-17H,1,6-7,12-13H2/b30-14-,31-16+. The van der Waals surface area contributed by atoms with E-state index in [9.17, 15) is 30.6 Å². The Morgan fingerprint density at radius 3 is 1.74 bits per heavy atom. The van der Waals surface area contributed by atoms with E-state index in [-0.39, 0.29) is 28.1 Å². The highest BCUT2D eigenvalue weighted by Gasteiger charge is 2.46. The number of thiophene rings is 4. The molecule has 0 unspecified atom stereocenters. The minimum atomic E-state index is -0.269. The number of hydrogen-bond acceptors (Lipinski definition) is 10. The molecule has 4 aliphatic carbocycles. The van der Waals surface area contributed by atoms with Crippen LogP contribution in [-0.2, 0) is 5.41 Å². The molecule has 6 aromatic rings. The average Bonchev–Trinajstić information content (AvgIpc) is 4.05. The largest absolute Gasteiger partial charge is 0.289 e. The van der Waals surface area contributed by atoms with Crippen LogP contribution in [0.3, 0.4) is 0 Å². The summed E-state index contributed by atoms with van der Waals surface area (Å²) in [7, 11) is 0. The van der Waals surface area contributed by atoms with Crippen molar-refractivity contribution in [3.05, 3.63) is 126 Å². The summed E-state index contributed by atoms with van der Waals surface area (Å²) in [6, 6.07) is 24.6. The van der Waals surface area contributed by atoms with Crippen molar-refractivity contribution in [2.75, 3.05) is 0 Å². The maximum atomic E-state index is 13.9. The summed E-state index contributed by atoms with van der Waals surface area (Å²) in [6.45, 7) is 0. The molecule has 0 bridgehead atoms. The van der Waals surface area contributed by atoms with Gasteiger partial charge in [0.15, 0.2) is 11.6 Å². The van der Waals surface area contributed by atoms with Crippen LogP contribution in [0, 0.1) is 45.3 Å². The minimum absolute atomic E-state index is 0.0499. The minimum Gasteiger partial charge on any atom is -0.289 e. The van der Waals surface area contributed by atoms with Gasteiger partial charge in [-0.05, 0) is 59.4 Å². The highest BCUT2D eigenvalue weighted by molar-refractivity contribution is 7.44. The van der Waals surface area contributed by atoms with E-state index in [0.717, 1.165) is 52.0 Å². The molecule has 0 N–H and O–H groups in total. The predicted molar refractivity (Wildman–Crippen MR) is 217 cm³/mol.